The summed E-state index contributed by atoms with van der Waals surface area (Å²) in [5.74, 6) is -1.13. The molecule has 0 unspecified atom stereocenters. The highest BCUT2D eigenvalue weighted by Gasteiger charge is 2.54. The molecule has 1 saturated carbocycles. The number of ether oxygens (including phenoxy) is 2. The fourth-order valence-electron chi connectivity index (χ4n) is 6.00. The van der Waals surface area contributed by atoms with Crippen LogP contribution in [0.3, 0.4) is 0 Å². The Morgan fingerprint density at radius 2 is 1.78 bits per heavy atom. The molecule has 1 amide bonds. The maximum atomic E-state index is 13.5. The molecule has 2 aliphatic carbocycles. The molecule has 6 atom stereocenters. The first kappa shape index (κ1) is 27.2. The zero-order valence-electron chi connectivity index (χ0n) is 22.5. The highest BCUT2D eigenvalue weighted by Crippen LogP contribution is 2.57. The summed E-state index contributed by atoms with van der Waals surface area (Å²) in [6, 6.07) is 7.66. The van der Waals surface area contributed by atoms with Crippen molar-refractivity contribution in [2.75, 3.05) is 0 Å². The van der Waals surface area contributed by atoms with E-state index < -0.39 is 41.5 Å². The molecule has 0 radical (unpaired) electrons. The maximum Gasteiger partial charge on any atom is 0.408 e. The molecule has 1 aromatic heterocycles. The van der Waals surface area contributed by atoms with Gasteiger partial charge in [-0.1, -0.05) is 44.2 Å². The van der Waals surface area contributed by atoms with Crippen LogP contribution in [0.15, 0.2) is 47.3 Å². The van der Waals surface area contributed by atoms with Crippen molar-refractivity contribution in [2.45, 2.75) is 90.3 Å². The van der Waals surface area contributed by atoms with Crippen LogP contribution in [-0.2, 0) is 20.7 Å². The lowest BCUT2D eigenvalue weighted by Crippen LogP contribution is -2.44. The quantitative estimate of drug-likeness (QED) is 0.489. The van der Waals surface area contributed by atoms with Gasteiger partial charge in [-0.3, -0.25) is 0 Å². The number of furan rings is 1. The van der Waals surface area contributed by atoms with Gasteiger partial charge in [0.2, 0.25) is 0 Å². The van der Waals surface area contributed by atoms with Crippen molar-refractivity contribution in [1.29, 1.82) is 0 Å². The van der Waals surface area contributed by atoms with Crippen LogP contribution >= 0.6 is 0 Å². The largest absolute Gasteiger partial charge is 0.472 e. The van der Waals surface area contributed by atoms with Crippen LogP contribution in [0.1, 0.15) is 83.2 Å². The van der Waals surface area contributed by atoms with E-state index >= 15 is 0 Å². The third kappa shape index (κ3) is 6.02. The Balaban J connectivity index is 1.62. The van der Waals surface area contributed by atoms with Gasteiger partial charge >= 0.3 is 12.1 Å². The zero-order valence-corrected chi connectivity index (χ0v) is 22.5. The molecular weight excluding hydrogens is 474 g/mol. The normalized spacial score (nSPS) is 28.3. The van der Waals surface area contributed by atoms with E-state index in [1.165, 1.54) is 0 Å². The van der Waals surface area contributed by atoms with Crippen LogP contribution in [0.2, 0.25) is 0 Å². The molecule has 202 valence electrons. The minimum absolute atomic E-state index is 0.0469. The van der Waals surface area contributed by atoms with Crippen molar-refractivity contribution >= 4 is 12.1 Å². The maximum absolute atomic E-state index is 13.5. The van der Waals surface area contributed by atoms with Crippen LogP contribution in [0.25, 0.3) is 0 Å². The van der Waals surface area contributed by atoms with Gasteiger partial charge in [0, 0.05) is 23.5 Å². The molecule has 1 heterocycles. The summed E-state index contributed by atoms with van der Waals surface area (Å²) in [6.45, 7) is 11.3. The van der Waals surface area contributed by atoms with Crippen molar-refractivity contribution in [1.82, 2.24) is 5.32 Å². The van der Waals surface area contributed by atoms with Crippen molar-refractivity contribution in [3.8, 4) is 0 Å². The van der Waals surface area contributed by atoms with Crippen LogP contribution in [-0.4, -0.2) is 39.6 Å². The van der Waals surface area contributed by atoms with Gasteiger partial charge in [-0.15, -0.1) is 0 Å². The van der Waals surface area contributed by atoms with E-state index in [9.17, 15) is 19.8 Å². The van der Waals surface area contributed by atoms with Crippen molar-refractivity contribution < 1.29 is 33.7 Å². The fourth-order valence-corrected chi connectivity index (χ4v) is 6.00. The van der Waals surface area contributed by atoms with Gasteiger partial charge in [0.1, 0.15) is 11.7 Å². The average Bonchev–Trinajstić information content (AvgIpc) is 3.36. The van der Waals surface area contributed by atoms with Crippen LogP contribution in [0.5, 0.6) is 0 Å². The second-order valence-electron chi connectivity index (χ2n) is 12.6. The number of aliphatic hydroxyl groups excluding tert-OH is 1. The highest BCUT2D eigenvalue weighted by molar-refractivity contribution is 5.78. The van der Waals surface area contributed by atoms with Crippen molar-refractivity contribution in [2.24, 2.45) is 17.3 Å². The molecule has 4 rings (SSSR count). The summed E-state index contributed by atoms with van der Waals surface area (Å²) in [7, 11) is 0. The monoisotopic (exact) mass is 513 g/mol. The topological polar surface area (TPSA) is 118 Å². The molecule has 8 heteroatoms. The van der Waals surface area contributed by atoms with Gasteiger partial charge in [-0.25, -0.2) is 9.59 Å². The number of rotatable bonds is 5. The number of fused-ring (bicyclic) bond motifs is 2. The van der Waals surface area contributed by atoms with Crippen LogP contribution in [0, 0.1) is 17.3 Å². The van der Waals surface area contributed by atoms with Crippen LogP contribution in [0.4, 0.5) is 4.79 Å². The third-order valence-corrected chi connectivity index (χ3v) is 7.53. The number of hydrogen-bond donors (Lipinski definition) is 3. The molecule has 37 heavy (non-hydrogen) atoms. The van der Waals surface area contributed by atoms with Gasteiger partial charge < -0.3 is 29.4 Å². The predicted molar refractivity (Wildman–Crippen MR) is 136 cm³/mol. The minimum Gasteiger partial charge on any atom is -0.472 e. The minimum atomic E-state index is -1.69. The van der Waals surface area contributed by atoms with Gasteiger partial charge in [-0.2, -0.15) is 0 Å². The summed E-state index contributed by atoms with van der Waals surface area (Å²) in [4.78, 5) is 26.1. The molecule has 0 spiro atoms. The number of esters is 1. The number of carbonyl (C=O) groups is 2. The second-order valence-corrected chi connectivity index (χ2v) is 12.6. The van der Waals surface area contributed by atoms with E-state index in [4.69, 9.17) is 13.9 Å². The summed E-state index contributed by atoms with van der Waals surface area (Å²) in [6.07, 6.45) is 1.92. The number of hydrogen-bond acceptors (Lipinski definition) is 7. The summed E-state index contributed by atoms with van der Waals surface area (Å²) in [5, 5.41) is 25.3. The van der Waals surface area contributed by atoms with E-state index in [1.54, 1.807) is 63.6 Å². The average molecular weight is 514 g/mol. The number of carbonyl (C=O) groups excluding carboxylic acids is 2. The Labute approximate surface area is 218 Å². The molecule has 8 nitrogen and oxygen atoms in total. The summed E-state index contributed by atoms with van der Waals surface area (Å²) < 4.78 is 16.9. The molecule has 0 bridgehead atoms. The van der Waals surface area contributed by atoms with Crippen molar-refractivity contribution in [3.63, 3.8) is 0 Å². The smallest absolute Gasteiger partial charge is 0.408 e. The van der Waals surface area contributed by atoms with E-state index in [2.05, 4.69) is 19.2 Å². The molecule has 1 aromatic carbocycles. The highest BCUT2D eigenvalue weighted by atomic mass is 16.6. The van der Waals surface area contributed by atoms with E-state index in [-0.39, 0.29) is 17.3 Å². The Hall–Kier alpha value is -2.84. The van der Waals surface area contributed by atoms with Gasteiger partial charge in [0.25, 0.3) is 0 Å². The molecule has 3 N–H and O–H groups in total. The summed E-state index contributed by atoms with van der Waals surface area (Å²) in [5.41, 5.74) is 0.232. The first-order valence-corrected chi connectivity index (χ1v) is 12.9. The molecule has 2 aromatic rings. The number of benzene rings is 1. The number of aliphatic hydroxyl groups is 2. The molecular formula is C29H39NO7. The number of alkyl carbamates (subject to hydrolysis) is 1. The SMILES string of the molecule is CC1(C)C[C@@H]2[C@@H](OC(=O)[C@H](O)[C@@H](NC(=O)OC(C)(C)C)c3ccccc3)c3cocc3C[C@](C)(O)[C@H]2C1. The first-order chi connectivity index (χ1) is 17.2. The number of amides is 1. The second kappa shape index (κ2) is 9.80. The van der Waals surface area contributed by atoms with E-state index in [1.807, 2.05) is 6.92 Å². The Kier molecular flexibility index (Phi) is 7.20. The van der Waals surface area contributed by atoms with E-state index in [0.717, 1.165) is 18.4 Å². The van der Waals surface area contributed by atoms with Crippen LogP contribution < -0.4 is 5.32 Å². The predicted octanol–water partition coefficient (Wildman–Crippen LogP) is 4.85. The Morgan fingerprint density at radius 1 is 1.11 bits per heavy atom. The number of nitrogens with one attached hydrogen (secondary N) is 1. The fraction of sp³-hybridized carbons (Fsp3) is 0.586. The van der Waals surface area contributed by atoms with Gasteiger partial charge in [0.05, 0.1) is 24.2 Å². The molecule has 2 aliphatic rings. The van der Waals surface area contributed by atoms with E-state index in [0.29, 0.717) is 17.5 Å². The van der Waals surface area contributed by atoms with Gasteiger partial charge in [-0.05, 0) is 57.4 Å². The molecule has 0 aliphatic heterocycles. The first-order valence-electron chi connectivity index (χ1n) is 12.9. The lowest BCUT2D eigenvalue weighted by atomic mass is 9.78. The lowest BCUT2D eigenvalue weighted by Gasteiger charge is -2.34. The zero-order chi connectivity index (χ0) is 27.2. The third-order valence-electron chi connectivity index (χ3n) is 7.53. The van der Waals surface area contributed by atoms with Gasteiger partial charge in [0.15, 0.2) is 6.10 Å². The Morgan fingerprint density at radius 3 is 2.43 bits per heavy atom. The van der Waals surface area contributed by atoms with Crippen molar-refractivity contribution in [3.05, 3.63) is 59.5 Å². The lowest BCUT2D eigenvalue weighted by molar-refractivity contribution is -0.166. The standard InChI is InChI=1S/C29H39NO7/c1-27(2,3)37-26(33)30-22(17-10-8-7-9-11-17)23(31)25(32)36-24-19-13-28(4,5)14-21(19)29(6,34)12-18-15-35-16-20(18)24/h7-11,15-16,19,21-24,31,34H,12-14H2,1-6H3,(H,30,33)/t19-,21-,22-,23+,24+,29-/m0/s1. The molecule has 1 fully saturated rings. The Bertz CT molecular complexity index is 1110. The summed E-state index contributed by atoms with van der Waals surface area (Å²) >= 11 is 0. The molecule has 0 saturated heterocycles.